The van der Waals surface area contributed by atoms with Gasteiger partial charge in [-0.3, -0.25) is 0 Å². The van der Waals surface area contributed by atoms with Gasteiger partial charge in [-0.1, -0.05) is 51.0 Å². The fourth-order valence-corrected chi connectivity index (χ4v) is 3.92. The minimum atomic E-state index is -0.805. The van der Waals surface area contributed by atoms with E-state index in [2.05, 4.69) is 13.8 Å². The molecule has 0 spiro atoms. The highest BCUT2D eigenvalue weighted by atomic mass is 16.6. The Morgan fingerprint density at radius 1 is 0.705 bits per heavy atom. The van der Waals surface area contributed by atoms with Crippen molar-refractivity contribution in [3.8, 4) is 23.6 Å². The van der Waals surface area contributed by atoms with E-state index in [4.69, 9.17) is 28.4 Å². The van der Waals surface area contributed by atoms with Crippen LogP contribution in [0.3, 0.4) is 0 Å². The Kier molecular flexibility index (Phi) is 14.5. The summed E-state index contributed by atoms with van der Waals surface area (Å²) in [6.45, 7) is 5.29. The van der Waals surface area contributed by atoms with Gasteiger partial charge in [0.1, 0.15) is 47.0 Å². The summed E-state index contributed by atoms with van der Waals surface area (Å²) in [5, 5.41) is 19.1. The van der Waals surface area contributed by atoms with Crippen molar-refractivity contribution in [1.29, 1.82) is 10.5 Å². The molecular formula is C34H38N2O8. The zero-order valence-corrected chi connectivity index (χ0v) is 25.2. The van der Waals surface area contributed by atoms with E-state index in [9.17, 15) is 20.1 Å². The average molecular weight is 603 g/mol. The van der Waals surface area contributed by atoms with E-state index in [0.717, 1.165) is 25.7 Å². The van der Waals surface area contributed by atoms with E-state index >= 15 is 0 Å². The molecule has 0 aliphatic carbocycles. The largest absolute Gasteiger partial charge is 0.494 e. The van der Waals surface area contributed by atoms with Crippen LogP contribution >= 0.6 is 0 Å². The second-order valence-corrected chi connectivity index (χ2v) is 10.0. The number of unbranched alkanes of at least 4 members (excludes halogenated alkanes) is 2. The summed E-state index contributed by atoms with van der Waals surface area (Å²) in [5.41, 5.74) is 0.951. The lowest BCUT2D eigenvalue weighted by Crippen LogP contribution is -2.38. The molecule has 0 bridgehead atoms. The Bertz CT molecular complexity index is 1240. The lowest BCUT2D eigenvalue weighted by molar-refractivity contribution is -0.166. The van der Waals surface area contributed by atoms with Gasteiger partial charge in [-0.05, 0) is 60.4 Å². The second-order valence-electron chi connectivity index (χ2n) is 10.0. The third-order valence-electron chi connectivity index (χ3n) is 6.36. The first-order valence-electron chi connectivity index (χ1n) is 14.7. The number of carbonyl (C=O) groups excluding carboxylic acids is 2. The highest BCUT2D eigenvalue weighted by Crippen LogP contribution is 2.18. The van der Waals surface area contributed by atoms with Crippen LogP contribution in [-0.2, 0) is 28.5 Å². The number of esters is 2. The first-order valence-corrected chi connectivity index (χ1v) is 14.7. The summed E-state index contributed by atoms with van der Waals surface area (Å²) in [6.07, 6.45) is 5.32. The highest BCUT2D eigenvalue weighted by molar-refractivity contribution is 5.98. The van der Waals surface area contributed by atoms with Gasteiger partial charge in [0.05, 0.1) is 39.6 Å². The number of hydrogen-bond acceptors (Lipinski definition) is 10. The third kappa shape index (κ3) is 11.6. The number of nitrogens with zero attached hydrogens (tertiary/aromatic N) is 2. The molecule has 0 atom stereocenters. The first-order chi connectivity index (χ1) is 21.4. The number of hydrogen-bond donors (Lipinski definition) is 0. The van der Waals surface area contributed by atoms with E-state index in [0.29, 0.717) is 35.8 Å². The normalized spacial score (nSPS) is 17.3. The summed E-state index contributed by atoms with van der Waals surface area (Å²) < 4.78 is 33.4. The van der Waals surface area contributed by atoms with Gasteiger partial charge < -0.3 is 28.4 Å². The zero-order valence-electron chi connectivity index (χ0n) is 25.2. The molecule has 0 amide bonds. The molecule has 1 fully saturated rings. The summed E-state index contributed by atoms with van der Waals surface area (Å²) in [5.74, 6) is -0.188. The monoisotopic (exact) mass is 602 g/mol. The van der Waals surface area contributed by atoms with Crippen LogP contribution in [0.4, 0.5) is 0 Å². The van der Waals surface area contributed by atoms with Crippen molar-refractivity contribution in [2.45, 2.75) is 51.7 Å². The van der Waals surface area contributed by atoms with Crippen LogP contribution in [-0.4, -0.2) is 63.8 Å². The number of carbonyl (C=O) groups is 2. The minimum absolute atomic E-state index is 0.0318. The molecule has 0 unspecified atom stereocenters. The Hall–Kier alpha value is -4.64. The molecule has 3 rings (SSSR count). The maximum absolute atomic E-state index is 12.7. The van der Waals surface area contributed by atoms with Gasteiger partial charge in [0, 0.05) is 0 Å². The summed E-state index contributed by atoms with van der Waals surface area (Å²) in [7, 11) is 0. The molecule has 232 valence electrons. The molecule has 1 saturated heterocycles. The van der Waals surface area contributed by atoms with Gasteiger partial charge in [0.2, 0.25) is 0 Å². The molecule has 0 N–H and O–H groups in total. The molecule has 44 heavy (non-hydrogen) atoms. The van der Waals surface area contributed by atoms with Gasteiger partial charge in [-0.2, -0.15) is 10.5 Å². The van der Waals surface area contributed by atoms with Gasteiger partial charge in [0.25, 0.3) is 0 Å². The lowest BCUT2D eigenvalue weighted by Gasteiger charge is -2.25. The van der Waals surface area contributed by atoms with Crippen molar-refractivity contribution < 1.29 is 38.0 Å². The minimum Gasteiger partial charge on any atom is -0.494 e. The molecule has 0 saturated carbocycles. The van der Waals surface area contributed by atoms with E-state index in [1.807, 2.05) is 12.1 Å². The van der Waals surface area contributed by atoms with Crippen LogP contribution in [0, 0.1) is 22.7 Å². The molecule has 0 radical (unpaired) electrons. The number of rotatable bonds is 14. The lowest BCUT2D eigenvalue weighted by atomic mass is 10.1. The van der Waals surface area contributed by atoms with Gasteiger partial charge >= 0.3 is 11.9 Å². The van der Waals surface area contributed by atoms with Crippen molar-refractivity contribution in [3.05, 3.63) is 70.8 Å². The molecule has 1 aliphatic rings. The quantitative estimate of drug-likeness (QED) is 0.119. The highest BCUT2D eigenvalue weighted by Gasteiger charge is 2.25. The average Bonchev–Trinajstić information content (AvgIpc) is 3.02. The summed E-state index contributed by atoms with van der Waals surface area (Å²) in [6, 6.07) is 17.9. The fraction of sp³-hybridized carbons (Fsp3) is 0.412. The van der Waals surface area contributed by atoms with Crippen LogP contribution in [0.25, 0.3) is 12.2 Å². The predicted molar refractivity (Wildman–Crippen MR) is 162 cm³/mol. The number of nitriles is 2. The molecule has 10 heteroatoms. The zero-order chi connectivity index (χ0) is 31.6. The van der Waals surface area contributed by atoms with Gasteiger partial charge in [-0.25, -0.2) is 9.59 Å². The van der Waals surface area contributed by atoms with E-state index in [-0.39, 0.29) is 37.6 Å². The van der Waals surface area contributed by atoms with Crippen molar-refractivity contribution in [2.24, 2.45) is 0 Å². The van der Waals surface area contributed by atoms with Crippen LogP contribution in [0.1, 0.15) is 50.7 Å². The fourth-order valence-electron chi connectivity index (χ4n) is 3.92. The Morgan fingerprint density at radius 3 is 1.39 bits per heavy atom. The maximum Gasteiger partial charge on any atom is 0.349 e. The first kappa shape index (κ1) is 33.9. The summed E-state index contributed by atoms with van der Waals surface area (Å²) >= 11 is 0. The van der Waals surface area contributed by atoms with Crippen molar-refractivity contribution in [1.82, 2.24) is 0 Å². The van der Waals surface area contributed by atoms with Gasteiger partial charge in [-0.15, -0.1) is 0 Å². The van der Waals surface area contributed by atoms with E-state index < -0.39 is 24.1 Å². The number of benzene rings is 2. The molecule has 1 heterocycles. The molecule has 1 aliphatic heterocycles. The van der Waals surface area contributed by atoms with Crippen molar-refractivity contribution in [2.75, 3.05) is 39.6 Å². The Morgan fingerprint density at radius 2 is 1.07 bits per heavy atom. The molecule has 2 aromatic carbocycles. The predicted octanol–water partition coefficient (Wildman–Crippen LogP) is 5.43. The Labute approximate surface area is 258 Å². The number of ether oxygens (including phenoxy) is 6. The van der Waals surface area contributed by atoms with E-state index in [1.54, 1.807) is 48.5 Å². The van der Waals surface area contributed by atoms with Crippen molar-refractivity contribution >= 4 is 24.1 Å². The molecule has 10 nitrogen and oxygen atoms in total. The molecule has 2 aromatic rings. The van der Waals surface area contributed by atoms with Crippen LogP contribution in [0.15, 0.2) is 59.7 Å². The van der Waals surface area contributed by atoms with Crippen LogP contribution in [0.2, 0.25) is 0 Å². The second kappa shape index (κ2) is 18.8. The van der Waals surface area contributed by atoms with Gasteiger partial charge in [0.15, 0.2) is 0 Å². The summed E-state index contributed by atoms with van der Waals surface area (Å²) in [4.78, 5) is 25.3. The van der Waals surface area contributed by atoms with Crippen LogP contribution in [0.5, 0.6) is 11.5 Å². The topological polar surface area (TPSA) is 137 Å². The van der Waals surface area contributed by atoms with Crippen molar-refractivity contribution in [3.63, 3.8) is 0 Å². The van der Waals surface area contributed by atoms with Crippen LogP contribution < -0.4 is 9.47 Å². The maximum atomic E-state index is 12.7. The van der Waals surface area contributed by atoms with E-state index in [1.165, 1.54) is 12.2 Å². The third-order valence-corrected chi connectivity index (χ3v) is 6.36. The molecular weight excluding hydrogens is 564 g/mol. The standard InChI is InChI=1S/C34H38N2O8/c1-3-5-15-41-29-11-7-25(8-12-29)17-27(19-35)33(37)43-31-21-39-23-32(24-40-22-31)44-34(38)28(20-36)18-26-9-13-30(14-10-26)42-16-6-4-2/h7-14,17-18,31-32H,3-6,15-16,21-24H2,1-2H3/b27-17+,28-18+. The smallest absolute Gasteiger partial charge is 0.349 e. The SMILES string of the molecule is CCCCOc1ccc(/C=C(\C#N)C(=O)OC2COCC(OC(=O)/C(C#N)=C/c3ccc(OCCCC)cc3)COC2)cc1. The Balaban J connectivity index is 1.48. The molecule has 0 aromatic heterocycles.